The average Bonchev–Trinajstić information content (AvgIpc) is 3.10. The van der Waals surface area contributed by atoms with Gasteiger partial charge in [0, 0.05) is 24.2 Å². The van der Waals surface area contributed by atoms with E-state index in [4.69, 9.17) is 17.5 Å². The van der Waals surface area contributed by atoms with Crippen LogP contribution in [0.1, 0.15) is 53.4 Å². The smallest absolute Gasteiger partial charge is 0.202 e. The highest BCUT2D eigenvalue weighted by molar-refractivity contribution is 7.79. The van der Waals surface area contributed by atoms with Gasteiger partial charge in [-0.3, -0.25) is 18.2 Å². The molecule has 2 rings (SSSR count). The molecule has 0 radical (unpaired) electrons. The van der Waals surface area contributed by atoms with Gasteiger partial charge in [-0.05, 0) is 12.8 Å². The Hall–Kier alpha value is -1.39. The van der Waals surface area contributed by atoms with E-state index in [0.717, 1.165) is 0 Å². The fourth-order valence-corrected chi connectivity index (χ4v) is 2.15. The maximum Gasteiger partial charge on any atom is 0.202 e. The zero-order valence-corrected chi connectivity index (χ0v) is 16.3. The van der Waals surface area contributed by atoms with Gasteiger partial charge < -0.3 is 9.11 Å². The zero-order chi connectivity index (χ0) is 19.3. The Morgan fingerprint density at radius 1 is 0.880 bits per heavy atom. The number of unbranched alkanes of at least 4 members (excludes halogenated alkanes) is 2. The zero-order valence-electron chi connectivity index (χ0n) is 15.5. The lowest BCUT2D eigenvalue weighted by molar-refractivity contribution is -0.745. The van der Waals surface area contributed by atoms with Crippen molar-refractivity contribution in [3.05, 3.63) is 24.8 Å². The largest absolute Gasteiger partial charge is 0.759 e. The van der Waals surface area contributed by atoms with Crippen molar-refractivity contribution in [3.63, 3.8) is 0 Å². The van der Waals surface area contributed by atoms with Crippen LogP contribution in [0.15, 0.2) is 34.8 Å². The lowest BCUT2D eigenvalue weighted by Crippen LogP contribution is -3.08. The summed E-state index contributed by atoms with van der Waals surface area (Å²) in [6.07, 6.45) is 13.1. The average molecular weight is 375 g/mol. The highest BCUT2D eigenvalue weighted by Gasteiger charge is 2.12. The standard InChI is InChI=1S/2C8H14N2.H2O4S/c2*1-3-4-6-10-7-5-9-8(10)2;1-5(2,3)4/h2*5,7H,3-4,6H2,1-2H3;(H2,1,2,3,4). The van der Waals surface area contributed by atoms with Crippen molar-refractivity contribution in [2.75, 3.05) is 13.1 Å². The van der Waals surface area contributed by atoms with E-state index in [0.29, 0.717) is 0 Å². The molecule has 2 heterocycles. The number of amidine groups is 2. The van der Waals surface area contributed by atoms with Crippen LogP contribution >= 0.6 is 0 Å². The molecule has 0 bridgehead atoms. The second-order valence-corrected chi connectivity index (χ2v) is 6.54. The summed E-state index contributed by atoms with van der Waals surface area (Å²) in [5.41, 5.74) is 0. The predicted octanol–water partition coefficient (Wildman–Crippen LogP) is -0.189. The molecule has 0 spiro atoms. The van der Waals surface area contributed by atoms with E-state index in [9.17, 15) is 0 Å². The normalized spacial score (nSPS) is 21.0. The molecule has 0 saturated heterocycles. The molecule has 2 N–H and O–H groups in total. The van der Waals surface area contributed by atoms with E-state index < -0.39 is 10.4 Å². The highest BCUT2D eigenvalue weighted by Crippen LogP contribution is 1.85. The third-order valence-electron chi connectivity index (χ3n) is 3.62. The quantitative estimate of drug-likeness (QED) is 0.495. The molecule has 9 heteroatoms. The van der Waals surface area contributed by atoms with Gasteiger partial charge in [0.15, 0.2) is 0 Å². The molecule has 25 heavy (non-hydrogen) atoms. The molecule has 0 aromatic rings. The maximum absolute atomic E-state index is 8.52. The van der Waals surface area contributed by atoms with Gasteiger partial charge in [0.2, 0.25) is 11.7 Å². The molecule has 0 aliphatic carbocycles. The summed E-state index contributed by atoms with van der Waals surface area (Å²) < 4.78 is 34.1. The van der Waals surface area contributed by atoms with E-state index in [1.54, 1.807) is 0 Å². The van der Waals surface area contributed by atoms with Crippen LogP contribution < -0.4 is 9.80 Å². The molecule has 0 fully saturated rings. The Balaban J connectivity index is 0.000000368. The molecule has 2 unspecified atom stereocenters. The topological polar surface area (TPSA) is 114 Å². The second kappa shape index (κ2) is 12.9. The van der Waals surface area contributed by atoms with Crippen LogP contribution in [0.3, 0.4) is 0 Å². The molecule has 2 atom stereocenters. The van der Waals surface area contributed by atoms with E-state index in [1.165, 1.54) is 60.2 Å². The van der Waals surface area contributed by atoms with Gasteiger partial charge in [-0.2, -0.15) is 0 Å². The van der Waals surface area contributed by atoms with Crippen LogP contribution in [0.5, 0.6) is 0 Å². The number of nitrogens with zero attached hydrogens (tertiary/aromatic N) is 2. The second-order valence-electron chi connectivity index (χ2n) is 5.73. The van der Waals surface area contributed by atoms with Crippen LogP contribution in [-0.4, -0.2) is 42.3 Å². The molecule has 8 nitrogen and oxygen atoms in total. The van der Waals surface area contributed by atoms with Gasteiger partial charge in [0.1, 0.15) is 12.4 Å². The Kier molecular flexibility index (Phi) is 12.2. The van der Waals surface area contributed by atoms with E-state index in [-0.39, 0.29) is 0 Å². The van der Waals surface area contributed by atoms with Gasteiger partial charge in [0.25, 0.3) is 0 Å². The summed E-state index contributed by atoms with van der Waals surface area (Å²) in [7, 11) is -5.17. The van der Waals surface area contributed by atoms with Crippen molar-refractivity contribution in [2.24, 2.45) is 9.98 Å². The van der Waals surface area contributed by atoms with E-state index >= 15 is 0 Å². The van der Waals surface area contributed by atoms with Gasteiger partial charge >= 0.3 is 0 Å². The molecular formula is C16H30N4O4S. The summed E-state index contributed by atoms with van der Waals surface area (Å²) in [6.45, 7) is 11.0. The van der Waals surface area contributed by atoms with Crippen LogP contribution in [0, 0.1) is 0 Å². The summed E-state index contributed by atoms with van der Waals surface area (Å²) in [5.74, 6) is 2.40. The summed E-state index contributed by atoms with van der Waals surface area (Å²) in [4.78, 5) is 11.2. The number of hydrogen-bond acceptors (Lipinski definition) is 6. The summed E-state index contributed by atoms with van der Waals surface area (Å²) in [6, 6.07) is 0. The van der Waals surface area contributed by atoms with Crippen LogP contribution in [0.2, 0.25) is 0 Å². The minimum Gasteiger partial charge on any atom is -0.759 e. The Labute approximate surface area is 151 Å². The van der Waals surface area contributed by atoms with Crippen molar-refractivity contribution in [2.45, 2.75) is 53.4 Å². The Morgan fingerprint density at radius 3 is 1.40 bits per heavy atom. The fraction of sp³-hybridized carbons (Fsp3) is 0.625. The van der Waals surface area contributed by atoms with Crippen molar-refractivity contribution >= 4 is 22.1 Å². The highest BCUT2D eigenvalue weighted by atomic mass is 32.3. The van der Waals surface area contributed by atoms with Crippen LogP contribution in [-0.2, 0) is 10.4 Å². The molecule has 0 aromatic carbocycles. The minimum absolute atomic E-state index is 1.20. The van der Waals surface area contributed by atoms with Crippen molar-refractivity contribution < 1.29 is 27.3 Å². The molecule has 0 aromatic heterocycles. The van der Waals surface area contributed by atoms with Crippen molar-refractivity contribution in [3.8, 4) is 0 Å². The number of aliphatic imine (C=N–C) groups is 2. The van der Waals surface area contributed by atoms with Crippen LogP contribution in [0.4, 0.5) is 0 Å². The molecule has 0 saturated carbocycles. The van der Waals surface area contributed by atoms with Gasteiger partial charge in [-0.1, -0.05) is 26.7 Å². The molecule has 144 valence electrons. The molecule has 2 aliphatic rings. The number of nitrogens with one attached hydrogen (secondary N) is 2. The van der Waals surface area contributed by atoms with Crippen molar-refractivity contribution in [1.29, 1.82) is 0 Å². The predicted molar refractivity (Wildman–Crippen MR) is 96.4 cm³/mol. The summed E-state index contributed by atoms with van der Waals surface area (Å²) >= 11 is 0. The Bertz CT molecular complexity index is 551. The first-order chi connectivity index (χ1) is 11.7. The molecule has 0 amide bonds. The van der Waals surface area contributed by atoms with Gasteiger partial charge in [-0.15, -0.1) is 0 Å². The lowest BCUT2D eigenvalue weighted by atomic mass is 10.3. The third kappa shape index (κ3) is 13.6. The van der Waals surface area contributed by atoms with Gasteiger partial charge in [-0.25, -0.2) is 9.98 Å². The Morgan fingerprint density at radius 2 is 1.20 bits per heavy atom. The van der Waals surface area contributed by atoms with Gasteiger partial charge in [0.05, 0.1) is 25.5 Å². The number of hydrogen-bond donors (Lipinski definition) is 2. The lowest BCUT2D eigenvalue weighted by Gasteiger charge is -2.07. The first-order valence-corrected chi connectivity index (χ1v) is 9.83. The first kappa shape index (κ1) is 23.6. The van der Waals surface area contributed by atoms with Crippen molar-refractivity contribution in [1.82, 2.24) is 0 Å². The SMILES string of the molecule is CCCC[NH+]1C=CN=C1C.CCCC[NH+]1C=CN=C1C.O=S(=O)([O-])[O-]. The fourth-order valence-electron chi connectivity index (χ4n) is 2.15. The monoisotopic (exact) mass is 374 g/mol. The number of quaternary nitrogens is 2. The number of rotatable bonds is 6. The van der Waals surface area contributed by atoms with E-state index in [2.05, 4.69) is 50.1 Å². The molecule has 2 aliphatic heterocycles. The van der Waals surface area contributed by atoms with Crippen LogP contribution in [0.25, 0.3) is 0 Å². The third-order valence-corrected chi connectivity index (χ3v) is 3.62. The first-order valence-electron chi connectivity index (χ1n) is 8.50. The maximum atomic E-state index is 8.52. The van der Waals surface area contributed by atoms with E-state index in [1.807, 2.05) is 12.4 Å². The molecular weight excluding hydrogens is 344 g/mol. The minimum atomic E-state index is -5.17. The summed E-state index contributed by atoms with van der Waals surface area (Å²) in [5, 5.41) is 0.